The highest BCUT2D eigenvalue weighted by Crippen LogP contribution is 2.27. The fourth-order valence-electron chi connectivity index (χ4n) is 1.23. The molecule has 0 aliphatic heterocycles. The Kier molecular flexibility index (Phi) is 5.04. The third kappa shape index (κ3) is 4.70. The molecule has 0 saturated carbocycles. The summed E-state index contributed by atoms with van der Waals surface area (Å²) in [5.74, 6) is -1.20. The first-order valence-corrected chi connectivity index (χ1v) is 5.24. The lowest BCUT2D eigenvalue weighted by molar-refractivity contribution is -0.142. The van der Waals surface area contributed by atoms with Gasteiger partial charge in [-0.3, -0.25) is 0 Å². The van der Waals surface area contributed by atoms with Crippen LogP contribution in [0.25, 0.3) is 0 Å². The largest absolute Gasteiger partial charge is 0.480 e. The molecule has 6 nitrogen and oxygen atoms in total. The molecule has 19 heavy (non-hydrogen) atoms. The van der Waals surface area contributed by atoms with Crippen LogP contribution >= 0.6 is 0 Å². The van der Waals surface area contributed by atoms with E-state index >= 15 is 0 Å². The van der Waals surface area contributed by atoms with Crippen LogP contribution in [0.1, 0.15) is 12.1 Å². The lowest BCUT2D eigenvalue weighted by atomic mass is 10.2. The summed E-state index contributed by atoms with van der Waals surface area (Å²) in [4.78, 5) is 10.9. The van der Waals surface area contributed by atoms with Gasteiger partial charge in [-0.1, -0.05) is 0 Å². The van der Waals surface area contributed by atoms with Gasteiger partial charge >= 0.3 is 12.1 Å². The van der Waals surface area contributed by atoms with E-state index in [1.54, 1.807) is 0 Å². The predicted octanol–water partition coefficient (Wildman–Crippen LogP) is 1.40. The van der Waals surface area contributed by atoms with Gasteiger partial charge < -0.3 is 15.2 Å². The third-order valence-corrected chi connectivity index (χ3v) is 2.19. The molecule has 0 aliphatic rings. The van der Waals surface area contributed by atoms with Gasteiger partial charge in [0.2, 0.25) is 0 Å². The van der Waals surface area contributed by atoms with E-state index in [0.29, 0.717) is 0 Å². The molecule has 106 valence electrons. The van der Waals surface area contributed by atoms with Crippen molar-refractivity contribution in [2.45, 2.75) is 18.6 Å². The van der Waals surface area contributed by atoms with Gasteiger partial charge in [0.05, 0.1) is 0 Å². The summed E-state index contributed by atoms with van der Waals surface area (Å²) < 4.78 is 41.5. The number of carbonyl (C=O) groups is 1. The first kappa shape index (κ1) is 15.2. The number of nitrogens with one attached hydrogen (secondary N) is 1. The Morgan fingerprint density at radius 2 is 2.16 bits per heavy atom. The maximum absolute atomic E-state index is 12.2. The van der Waals surface area contributed by atoms with E-state index in [-0.39, 0.29) is 18.8 Å². The summed E-state index contributed by atoms with van der Waals surface area (Å²) >= 11 is 0. The van der Waals surface area contributed by atoms with Crippen molar-refractivity contribution in [1.82, 2.24) is 10.2 Å². The van der Waals surface area contributed by atoms with Crippen molar-refractivity contribution in [2.24, 2.45) is 0 Å². The number of methoxy groups -OCH3 is 1. The number of aliphatic carboxylic acids is 1. The minimum absolute atomic E-state index is 0.0449. The van der Waals surface area contributed by atoms with Crippen LogP contribution in [0.5, 0.6) is 0 Å². The lowest BCUT2D eigenvalue weighted by Gasteiger charge is -2.14. The third-order valence-electron chi connectivity index (χ3n) is 2.19. The number of hydrogen-bond donors (Lipinski definition) is 2. The van der Waals surface area contributed by atoms with E-state index in [0.717, 1.165) is 12.1 Å². The van der Waals surface area contributed by atoms with Crippen LogP contribution in [0.15, 0.2) is 12.1 Å². The number of carboxylic acids is 1. The molecule has 0 spiro atoms. The normalized spacial score (nSPS) is 13.1. The van der Waals surface area contributed by atoms with Crippen molar-refractivity contribution < 1.29 is 27.8 Å². The van der Waals surface area contributed by atoms with Gasteiger partial charge in [0.25, 0.3) is 0 Å². The number of aromatic nitrogens is 2. The van der Waals surface area contributed by atoms with Crippen molar-refractivity contribution in [3.05, 3.63) is 17.8 Å². The zero-order chi connectivity index (χ0) is 14.5. The highest BCUT2D eigenvalue weighted by atomic mass is 19.4. The van der Waals surface area contributed by atoms with Crippen molar-refractivity contribution in [1.29, 1.82) is 0 Å². The number of ether oxygens (including phenoxy) is 1. The summed E-state index contributed by atoms with van der Waals surface area (Å²) in [6.45, 7) is 0.192. The van der Waals surface area contributed by atoms with E-state index in [9.17, 15) is 18.0 Å². The van der Waals surface area contributed by atoms with Crippen molar-refractivity contribution in [2.75, 3.05) is 19.0 Å². The number of rotatable bonds is 6. The summed E-state index contributed by atoms with van der Waals surface area (Å²) in [5.41, 5.74) is -1.14. The van der Waals surface area contributed by atoms with Crippen LogP contribution in [-0.4, -0.2) is 41.0 Å². The van der Waals surface area contributed by atoms with Gasteiger partial charge in [0.15, 0.2) is 5.69 Å². The number of carboxylic acid groups (broad SMARTS) is 1. The number of halogens is 3. The summed E-state index contributed by atoms with van der Waals surface area (Å²) in [5, 5.41) is 17.6. The van der Waals surface area contributed by atoms with Gasteiger partial charge in [-0.15, -0.1) is 10.2 Å². The van der Waals surface area contributed by atoms with Crippen LogP contribution < -0.4 is 5.32 Å². The molecule has 0 bridgehead atoms. The zero-order valence-corrected chi connectivity index (χ0v) is 9.94. The molecule has 0 fully saturated rings. The Morgan fingerprint density at radius 3 is 2.58 bits per heavy atom. The molecule has 9 heteroatoms. The van der Waals surface area contributed by atoms with Gasteiger partial charge in [0, 0.05) is 20.1 Å². The van der Waals surface area contributed by atoms with Crippen LogP contribution in [-0.2, 0) is 15.7 Å². The Hall–Kier alpha value is -1.90. The highest BCUT2D eigenvalue weighted by Gasteiger charge is 2.33. The van der Waals surface area contributed by atoms with Gasteiger partial charge in [0.1, 0.15) is 11.9 Å². The first-order chi connectivity index (χ1) is 8.84. The molecule has 1 atom stereocenters. The maximum atomic E-state index is 12.2. The van der Waals surface area contributed by atoms with E-state index < -0.39 is 23.9 Å². The van der Waals surface area contributed by atoms with Crippen LogP contribution in [0.2, 0.25) is 0 Å². The monoisotopic (exact) mass is 279 g/mol. The second kappa shape index (κ2) is 6.32. The summed E-state index contributed by atoms with van der Waals surface area (Å²) in [7, 11) is 1.41. The molecule has 0 saturated heterocycles. The molecule has 1 rings (SSSR count). The molecule has 0 aliphatic carbocycles. The van der Waals surface area contributed by atoms with E-state index in [1.165, 1.54) is 7.11 Å². The molecule has 0 amide bonds. The topological polar surface area (TPSA) is 84.3 Å². The van der Waals surface area contributed by atoms with E-state index in [1.807, 2.05) is 0 Å². The first-order valence-electron chi connectivity index (χ1n) is 5.24. The smallest absolute Gasteiger partial charge is 0.435 e. The second-order valence-electron chi connectivity index (χ2n) is 3.62. The standard InChI is InChI=1S/C10H12F3N3O3/c1-19-5-4-6(9(17)18)14-8-3-2-7(15-16-8)10(11,12)13/h2-3,6H,4-5H2,1H3,(H,14,16)(H,17,18). The van der Waals surface area contributed by atoms with Crippen LogP contribution in [0.3, 0.4) is 0 Å². The number of alkyl halides is 3. The lowest BCUT2D eigenvalue weighted by Crippen LogP contribution is -2.31. The quantitative estimate of drug-likeness (QED) is 0.818. The van der Waals surface area contributed by atoms with E-state index in [4.69, 9.17) is 9.84 Å². The molecule has 1 aromatic heterocycles. The summed E-state index contributed by atoms with van der Waals surface area (Å²) in [6.07, 6.45) is -4.43. The highest BCUT2D eigenvalue weighted by molar-refractivity contribution is 5.76. The molecule has 1 heterocycles. The number of anilines is 1. The fraction of sp³-hybridized carbons (Fsp3) is 0.500. The maximum Gasteiger partial charge on any atom is 0.435 e. The number of nitrogens with zero attached hydrogens (tertiary/aromatic N) is 2. The molecule has 1 aromatic rings. The van der Waals surface area contributed by atoms with Gasteiger partial charge in [-0.25, -0.2) is 4.79 Å². The fourth-order valence-corrected chi connectivity index (χ4v) is 1.23. The molecular formula is C10H12F3N3O3. The Morgan fingerprint density at radius 1 is 1.47 bits per heavy atom. The molecular weight excluding hydrogens is 267 g/mol. The average Bonchev–Trinajstić information content (AvgIpc) is 2.33. The average molecular weight is 279 g/mol. The van der Waals surface area contributed by atoms with Crippen molar-refractivity contribution in [3.8, 4) is 0 Å². The summed E-state index contributed by atoms with van der Waals surface area (Å²) in [6, 6.07) is 0.745. The second-order valence-corrected chi connectivity index (χ2v) is 3.62. The van der Waals surface area contributed by atoms with Crippen LogP contribution in [0, 0.1) is 0 Å². The SMILES string of the molecule is COCCC(Nc1ccc(C(F)(F)F)nn1)C(=O)O. The minimum atomic E-state index is -4.58. The Labute approximate surface area is 106 Å². The minimum Gasteiger partial charge on any atom is -0.480 e. The Bertz CT molecular complexity index is 422. The molecule has 1 unspecified atom stereocenters. The zero-order valence-electron chi connectivity index (χ0n) is 9.94. The van der Waals surface area contributed by atoms with E-state index in [2.05, 4.69) is 15.5 Å². The molecule has 0 aromatic carbocycles. The van der Waals surface area contributed by atoms with Crippen molar-refractivity contribution >= 4 is 11.8 Å². The molecule has 0 radical (unpaired) electrons. The Balaban J connectivity index is 2.72. The van der Waals surface area contributed by atoms with Crippen LogP contribution in [0.4, 0.5) is 19.0 Å². The van der Waals surface area contributed by atoms with Crippen molar-refractivity contribution in [3.63, 3.8) is 0 Å². The molecule has 2 N–H and O–H groups in total. The predicted molar refractivity (Wildman–Crippen MR) is 58.6 cm³/mol. The van der Waals surface area contributed by atoms with Gasteiger partial charge in [-0.05, 0) is 12.1 Å². The van der Waals surface area contributed by atoms with Gasteiger partial charge in [-0.2, -0.15) is 13.2 Å². The number of hydrogen-bond acceptors (Lipinski definition) is 5.